The lowest BCUT2D eigenvalue weighted by atomic mass is 10.0. The van der Waals surface area contributed by atoms with E-state index in [0.717, 1.165) is 48.2 Å². The standard InChI is InChI=1S/C18H17N9/c1-3-17(24-22-15(1)14-5-7-19-8-6-14)26-10-13(11-26)9-20-16-2-4-18-23-21-12-27(18)25-16/h1-8,12-13H,9-11H2,(H,20,25). The molecule has 4 aromatic heterocycles. The van der Waals surface area contributed by atoms with Gasteiger partial charge in [0.1, 0.15) is 12.1 Å². The molecular formula is C18H17N9. The Kier molecular flexibility index (Phi) is 3.82. The van der Waals surface area contributed by atoms with Crippen LogP contribution in [-0.4, -0.2) is 54.6 Å². The average molecular weight is 359 g/mol. The lowest BCUT2D eigenvalue weighted by Crippen LogP contribution is -2.50. The first kappa shape index (κ1) is 15.6. The van der Waals surface area contributed by atoms with Gasteiger partial charge in [-0.2, -0.15) is 4.52 Å². The molecule has 134 valence electrons. The van der Waals surface area contributed by atoms with Crippen molar-refractivity contribution < 1.29 is 0 Å². The maximum atomic E-state index is 4.42. The molecule has 0 saturated carbocycles. The summed E-state index contributed by atoms with van der Waals surface area (Å²) >= 11 is 0. The van der Waals surface area contributed by atoms with Gasteiger partial charge in [0.15, 0.2) is 11.5 Å². The Bertz CT molecular complexity index is 1040. The molecule has 5 heterocycles. The number of anilines is 2. The number of nitrogens with zero attached hydrogens (tertiary/aromatic N) is 8. The van der Waals surface area contributed by atoms with E-state index in [9.17, 15) is 0 Å². The van der Waals surface area contributed by atoms with E-state index in [-0.39, 0.29) is 0 Å². The third-order valence-corrected chi connectivity index (χ3v) is 4.64. The van der Waals surface area contributed by atoms with Crippen LogP contribution in [0.3, 0.4) is 0 Å². The van der Waals surface area contributed by atoms with E-state index in [1.54, 1.807) is 23.2 Å². The van der Waals surface area contributed by atoms with Gasteiger partial charge in [0, 0.05) is 43.5 Å². The summed E-state index contributed by atoms with van der Waals surface area (Å²) in [6.07, 6.45) is 5.11. The van der Waals surface area contributed by atoms with E-state index in [1.165, 1.54) is 0 Å². The van der Waals surface area contributed by atoms with Crippen molar-refractivity contribution in [3.8, 4) is 11.3 Å². The van der Waals surface area contributed by atoms with E-state index < -0.39 is 0 Å². The van der Waals surface area contributed by atoms with Crippen molar-refractivity contribution in [3.05, 3.63) is 55.1 Å². The maximum absolute atomic E-state index is 4.42. The van der Waals surface area contributed by atoms with Crippen LogP contribution in [0.5, 0.6) is 0 Å². The largest absolute Gasteiger partial charge is 0.368 e. The summed E-state index contributed by atoms with van der Waals surface area (Å²) in [4.78, 5) is 6.25. The molecule has 0 unspecified atom stereocenters. The van der Waals surface area contributed by atoms with Crippen LogP contribution in [-0.2, 0) is 0 Å². The predicted octanol–water partition coefficient (Wildman–Crippen LogP) is 1.52. The SMILES string of the molecule is c1cc(-c2ccc(N3CC(CNc4ccc5nncn5n4)C3)nn2)ccn1. The first-order valence-electron chi connectivity index (χ1n) is 8.75. The Morgan fingerprint density at radius 1 is 0.963 bits per heavy atom. The minimum absolute atomic E-state index is 0.546. The third kappa shape index (κ3) is 3.14. The zero-order valence-corrected chi connectivity index (χ0v) is 14.5. The summed E-state index contributed by atoms with van der Waals surface area (Å²) in [5.41, 5.74) is 2.62. The second-order valence-corrected chi connectivity index (χ2v) is 6.52. The van der Waals surface area contributed by atoms with Crippen LogP contribution >= 0.6 is 0 Å². The minimum Gasteiger partial charge on any atom is -0.368 e. The highest BCUT2D eigenvalue weighted by molar-refractivity contribution is 5.59. The molecule has 1 aliphatic rings. The third-order valence-electron chi connectivity index (χ3n) is 4.64. The molecule has 9 heteroatoms. The predicted molar refractivity (Wildman–Crippen MR) is 100 cm³/mol. The van der Waals surface area contributed by atoms with Crippen LogP contribution in [0.25, 0.3) is 16.9 Å². The van der Waals surface area contributed by atoms with Gasteiger partial charge in [-0.15, -0.1) is 25.5 Å². The number of pyridine rings is 1. The van der Waals surface area contributed by atoms with Crippen molar-refractivity contribution in [2.24, 2.45) is 5.92 Å². The normalized spacial score (nSPS) is 14.3. The molecule has 5 rings (SSSR count). The molecular weight excluding hydrogens is 342 g/mol. The fourth-order valence-electron chi connectivity index (χ4n) is 3.13. The smallest absolute Gasteiger partial charge is 0.177 e. The highest BCUT2D eigenvalue weighted by Gasteiger charge is 2.27. The Morgan fingerprint density at radius 2 is 1.85 bits per heavy atom. The lowest BCUT2D eigenvalue weighted by molar-refractivity contribution is 0.425. The molecule has 0 amide bonds. The van der Waals surface area contributed by atoms with Crippen molar-refractivity contribution in [2.75, 3.05) is 29.9 Å². The van der Waals surface area contributed by atoms with Crippen molar-refractivity contribution in [2.45, 2.75) is 0 Å². The highest BCUT2D eigenvalue weighted by atomic mass is 15.4. The van der Waals surface area contributed by atoms with Gasteiger partial charge in [-0.25, -0.2) is 0 Å². The Hall–Kier alpha value is -3.62. The summed E-state index contributed by atoms with van der Waals surface area (Å²) in [6.45, 7) is 2.76. The first-order valence-corrected chi connectivity index (χ1v) is 8.75. The van der Waals surface area contributed by atoms with Gasteiger partial charge in [-0.3, -0.25) is 4.98 Å². The Labute approximate surface area is 155 Å². The van der Waals surface area contributed by atoms with Crippen molar-refractivity contribution in [1.82, 2.24) is 35.0 Å². The van der Waals surface area contributed by atoms with E-state index >= 15 is 0 Å². The van der Waals surface area contributed by atoms with E-state index in [4.69, 9.17) is 0 Å². The average Bonchev–Trinajstić information content (AvgIpc) is 3.16. The van der Waals surface area contributed by atoms with Gasteiger partial charge in [-0.1, -0.05) is 0 Å². The second kappa shape index (κ2) is 6.60. The fraction of sp³-hybridized carbons (Fsp3) is 0.222. The van der Waals surface area contributed by atoms with Crippen LogP contribution in [0.15, 0.2) is 55.1 Å². The molecule has 4 aromatic rings. The van der Waals surface area contributed by atoms with Crippen LogP contribution in [0.1, 0.15) is 0 Å². The number of hydrogen-bond donors (Lipinski definition) is 1. The van der Waals surface area contributed by atoms with Gasteiger partial charge in [-0.05, 0) is 36.4 Å². The second-order valence-electron chi connectivity index (χ2n) is 6.52. The molecule has 0 spiro atoms. The molecule has 27 heavy (non-hydrogen) atoms. The van der Waals surface area contributed by atoms with Crippen molar-refractivity contribution in [3.63, 3.8) is 0 Å². The molecule has 1 saturated heterocycles. The molecule has 0 aliphatic carbocycles. The number of nitrogens with one attached hydrogen (secondary N) is 1. The van der Waals surface area contributed by atoms with Gasteiger partial charge in [0.05, 0.1) is 5.69 Å². The van der Waals surface area contributed by atoms with Crippen LogP contribution < -0.4 is 10.2 Å². The molecule has 0 bridgehead atoms. The van der Waals surface area contributed by atoms with Crippen LogP contribution in [0.4, 0.5) is 11.6 Å². The fourth-order valence-corrected chi connectivity index (χ4v) is 3.13. The lowest BCUT2D eigenvalue weighted by Gasteiger charge is -2.40. The van der Waals surface area contributed by atoms with E-state index in [2.05, 4.69) is 40.7 Å². The molecule has 9 nitrogen and oxygen atoms in total. The monoisotopic (exact) mass is 359 g/mol. The quantitative estimate of drug-likeness (QED) is 0.573. The summed E-state index contributed by atoms with van der Waals surface area (Å²) in [6, 6.07) is 11.7. The van der Waals surface area contributed by atoms with Crippen LogP contribution in [0.2, 0.25) is 0 Å². The van der Waals surface area contributed by atoms with Crippen molar-refractivity contribution >= 4 is 17.3 Å². The summed E-state index contributed by atoms with van der Waals surface area (Å²) < 4.78 is 1.66. The zero-order valence-electron chi connectivity index (χ0n) is 14.5. The van der Waals surface area contributed by atoms with Crippen molar-refractivity contribution in [1.29, 1.82) is 0 Å². The molecule has 1 aliphatic heterocycles. The summed E-state index contributed by atoms with van der Waals surface area (Å²) in [5.74, 6) is 2.28. The Morgan fingerprint density at radius 3 is 2.67 bits per heavy atom. The summed E-state index contributed by atoms with van der Waals surface area (Å²) in [7, 11) is 0. The number of fused-ring (bicyclic) bond motifs is 1. The molecule has 0 radical (unpaired) electrons. The molecule has 1 N–H and O–H groups in total. The molecule has 0 atom stereocenters. The van der Waals surface area contributed by atoms with Gasteiger partial charge < -0.3 is 10.2 Å². The highest BCUT2D eigenvalue weighted by Crippen LogP contribution is 2.24. The summed E-state index contributed by atoms with van der Waals surface area (Å²) in [5, 5.41) is 24.3. The molecule has 1 fully saturated rings. The number of aromatic nitrogens is 7. The van der Waals surface area contributed by atoms with E-state index in [0.29, 0.717) is 5.92 Å². The van der Waals surface area contributed by atoms with Crippen LogP contribution in [0, 0.1) is 5.92 Å². The maximum Gasteiger partial charge on any atom is 0.177 e. The topological polar surface area (TPSA) is 97.0 Å². The van der Waals surface area contributed by atoms with Gasteiger partial charge in [0.25, 0.3) is 0 Å². The minimum atomic E-state index is 0.546. The number of hydrogen-bond acceptors (Lipinski definition) is 8. The van der Waals surface area contributed by atoms with E-state index in [1.807, 2.05) is 36.4 Å². The molecule has 0 aromatic carbocycles. The first-order chi connectivity index (χ1) is 13.3. The Balaban J connectivity index is 1.16. The zero-order chi connectivity index (χ0) is 18.1. The number of rotatable bonds is 5. The van der Waals surface area contributed by atoms with Gasteiger partial charge in [0.2, 0.25) is 0 Å². The van der Waals surface area contributed by atoms with Gasteiger partial charge >= 0.3 is 0 Å².